The number of benzene rings is 2. The van der Waals surface area contributed by atoms with Gasteiger partial charge >= 0.3 is 0 Å². The molecule has 5 nitrogen and oxygen atoms in total. The van der Waals surface area contributed by atoms with Gasteiger partial charge in [-0.2, -0.15) is 0 Å². The first-order valence-electron chi connectivity index (χ1n) is 8.91. The van der Waals surface area contributed by atoms with E-state index in [1.165, 1.54) is 19.3 Å². The van der Waals surface area contributed by atoms with Crippen LogP contribution in [0, 0.1) is 11.6 Å². The van der Waals surface area contributed by atoms with Gasteiger partial charge in [-0.05, 0) is 55.7 Å². The fourth-order valence-corrected chi connectivity index (χ4v) is 3.04. The van der Waals surface area contributed by atoms with Crippen molar-refractivity contribution in [3.8, 4) is 0 Å². The van der Waals surface area contributed by atoms with E-state index in [2.05, 4.69) is 15.5 Å². The van der Waals surface area contributed by atoms with E-state index >= 15 is 0 Å². The molecule has 2 aromatic rings. The van der Waals surface area contributed by atoms with E-state index in [0.717, 1.165) is 30.9 Å². The molecule has 1 fully saturated rings. The van der Waals surface area contributed by atoms with Crippen LogP contribution in [0.25, 0.3) is 0 Å². The van der Waals surface area contributed by atoms with Crippen LogP contribution in [0.2, 0.25) is 0 Å². The summed E-state index contributed by atoms with van der Waals surface area (Å²) in [5.41, 5.74) is 1.53. The maximum Gasteiger partial charge on any atom is 0.233 e. The molecule has 2 aromatic carbocycles. The highest BCUT2D eigenvalue weighted by molar-refractivity contribution is 6.08. The Balaban J connectivity index is 1.51. The highest BCUT2D eigenvalue weighted by Gasteiger charge is 2.14. The predicted molar refractivity (Wildman–Crippen MR) is 101 cm³/mol. The van der Waals surface area contributed by atoms with Crippen LogP contribution in [0.4, 0.5) is 25.8 Å². The van der Waals surface area contributed by atoms with Gasteiger partial charge in [-0.15, -0.1) is 0 Å². The molecule has 3 rings (SSSR count). The Bertz CT molecular complexity index is 818. The topological polar surface area (TPSA) is 61.4 Å². The molecule has 0 saturated carbocycles. The molecular formula is C20H21F2N3O2. The van der Waals surface area contributed by atoms with Crippen molar-refractivity contribution in [1.29, 1.82) is 0 Å². The van der Waals surface area contributed by atoms with Gasteiger partial charge in [0.1, 0.15) is 18.1 Å². The summed E-state index contributed by atoms with van der Waals surface area (Å²) in [6, 6.07) is 10.3. The van der Waals surface area contributed by atoms with Crippen molar-refractivity contribution in [3.63, 3.8) is 0 Å². The van der Waals surface area contributed by atoms with Crippen LogP contribution in [-0.4, -0.2) is 24.9 Å². The average Bonchev–Trinajstić information content (AvgIpc) is 2.65. The zero-order valence-electron chi connectivity index (χ0n) is 14.8. The Morgan fingerprint density at radius 2 is 1.56 bits per heavy atom. The molecule has 0 aromatic heterocycles. The zero-order valence-corrected chi connectivity index (χ0v) is 14.8. The monoisotopic (exact) mass is 373 g/mol. The lowest BCUT2D eigenvalue weighted by molar-refractivity contribution is -0.123. The number of amides is 2. The summed E-state index contributed by atoms with van der Waals surface area (Å²) in [5, 5.41) is 4.90. The second-order valence-electron chi connectivity index (χ2n) is 6.49. The first kappa shape index (κ1) is 18.8. The molecule has 7 heteroatoms. The van der Waals surface area contributed by atoms with E-state index in [1.807, 2.05) is 12.1 Å². The molecule has 2 amide bonds. The predicted octanol–water partition coefficient (Wildman–Crippen LogP) is 3.92. The van der Waals surface area contributed by atoms with Gasteiger partial charge in [-0.3, -0.25) is 9.59 Å². The van der Waals surface area contributed by atoms with Crippen molar-refractivity contribution in [1.82, 2.24) is 0 Å². The van der Waals surface area contributed by atoms with E-state index in [0.29, 0.717) is 11.8 Å². The van der Waals surface area contributed by atoms with Gasteiger partial charge in [0.2, 0.25) is 11.8 Å². The normalized spacial score (nSPS) is 13.9. The lowest BCUT2D eigenvalue weighted by Gasteiger charge is -2.28. The van der Waals surface area contributed by atoms with Crippen LogP contribution in [0.3, 0.4) is 0 Å². The fourth-order valence-electron chi connectivity index (χ4n) is 3.04. The Hall–Kier alpha value is -2.96. The molecule has 1 aliphatic heterocycles. The SMILES string of the molecule is O=C(CC(=O)Nc1ccc(F)cc1F)Nc1ccc(N2CCCCC2)cc1. The lowest BCUT2D eigenvalue weighted by Crippen LogP contribution is -2.29. The van der Waals surface area contributed by atoms with E-state index in [4.69, 9.17) is 0 Å². The number of hydrogen-bond acceptors (Lipinski definition) is 3. The van der Waals surface area contributed by atoms with Crippen LogP contribution in [0.15, 0.2) is 42.5 Å². The Morgan fingerprint density at radius 1 is 0.889 bits per heavy atom. The second kappa shape index (κ2) is 8.62. The van der Waals surface area contributed by atoms with Crippen molar-refractivity contribution in [2.45, 2.75) is 25.7 Å². The second-order valence-corrected chi connectivity index (χ2v) is 6.49. The molecule has 0 spiro atoms. The standard InChI is InChI=1S/C20H21F2N3O2/c21-14-4-9-18(17(22)12-14)24-20(27)13-19(26)23-15-5-7-16(8-6-15)25-10-2-1-3-11-25/h4-9,12H,1-3,10-11,13H2,(H,23,26)(H,24,27). The van der Waals surface area contributed by atoms with Crippen molar-refractivity contribution < 1.29 is 18.4 Å². The maximum absolute atomic E-state index is 13.5. The molecule has 0 aliphatic carbocycles. The quantitative estimate of drug-likeness (QED) is 0.781. The summed E-state index contributed by atoms with van der Waals surface area (Å²) in [6.07, 6.45) is 3.16. The third kappa shape index (κ3) is 5.26. The Kier molecular flexibility index (Phi) is 6.01. The number of piperidine rings is 1. The van der Waals surface area contributed by atoms with Crippen LogP contribution in [0.5, 0.6) is 0 Å². The number of nitrogens with zero attached hydrogens (tertiary/aromatic N) is 1. The number of hydrogen-bond donors (Lipinski definition) is 2. The van der Waals surface area contributed by atoms with Gasteiger partial charge in [-0.1, -0.05) is 0 Å². The fraction of sp³-hybridized carbons (Fsp3) is 0.300. The number of carbonyl (C=O) groups is 2. The van der Waals surface area contributed by atoms with Crippen LogP contribution >= 0.6 is 0 Å². The molecule has 0 unspecified atom stereocenters. The maximum atomic E-state index is 13.5. The van der Waals surface area contributed by atoms with E-state index < -0.39 is 29.9 Å². The third-order valence-corrected chi connectivity index (χ3v) is 4.40. The number of carbonyl (C=O) groups excluding carboxylic acids is 2. The minimum atomic E-state index is -0.892. The van der Waals surface area contributed by atoms with Crippen molar-refractivity contribution >= 4 is 28.9 Å². The van der Waals surface area contributed by atoms with Gasteiger partial charge in [0.05, 0.1) is 5.69 Å². The van der Waals surface area contributed by atoms with Crippen molar-refractivity contribution in [2.75, 3.05) is 28.6 Å². The van der Waals surface area contributed by atoms with Gasteiger partial charge in [0.15, 0.2) is 0 Å². The summed E-state index contributed by atoms with van der Waals surface area (Å²) in [6.45, 7) is 2.07. The largest absolute Gasteiger partial charge is 0.372 e. The van der Waals surface area contributed by atoms with Crippen LogP contribution in [-0.2, 0) is 9.59 Å². The molecule has 142 valence electrons. The molecule has 1 heterocycles. The van der Waals surface area contributed by atoms with E-state index in [1.54, 1.807) is 12.1 Å². The number of nitrogens with one attached hydrogen (secondary N) is 2. The van der Waals surface area contributed by atoms with Crippen LogP contribution < -0.4 is 15.5 Å². The third-order valence-electron chi connectivity index (χ3n) is 4.40. The summed E-state index contributed by atoms with van der Waals surface area (Å²) in [7, 11) is 0. The first-order valence-corrected chi connectivity index (χ1v) is 8.91. The lowest BCUT2D eigenvalue weighted by atomic mass is 10.1. The molecule has 0 bridgehead atoms. The smallest absolute Gasteiger partial charge is 0.233 e. The van der Waals surface area contributed by atoms with Gasteiger partial charge < -0.3 is 15.5 Å². The van der Waals surface area contributed by atoms with Crippen molar-refractivity contribution in [3.05, 3.63) is 54.1 Å². The Morgan fingerprint density at radius 3 is 2.22 bits per heavy atom. The van der Waals surface area contributed by atoms with Gasteiger partial charge in [0, 0.05) is 30.5 Å². The summed E-state index contributed by atoms with van der Waals surface area (Å²) in [4.78, 5) is 26.2. The molecule has 1 saturated heterocycles. The van der Waals surface area contributed by atoms with Gasteiger partial charge in [0.25, 0.3) is 0 Å². The minimum absolute atomic E-state index is 0.167. The highest BCUT2D eigenvalue weighted by atomic mass is 19.1. The summed E-state index contributed by atoms with van der Waals surface area (Å²) < 4.78 is 26.4. The molecule has 1 aliphatic rings. The highest BCUT2D eigenvalue weighted by Crippen LogP contribution is 2.22. The van der Waals surface area contributed by atoms with E-state index in [9.17, 15) is 18.4 Å². The first-order chi connectivity index (χ1) is 13.0. The zero-order chi connectivity index (χ0) is 19.2. The average molecular weight is 373 g/mol. The number of halogens is 2. The number of anilines is 3. The minimum Gasteiger partial charge on any atom is -0.372 e. The van der Waals surface area contributed by atoms with Crippen molar-refractivity contribution in [2.24, 2.45) is 0 Å². The molecule has 27 heavy (non-hydrogen) atoms. The molecular weight excluding hydrogens is 352 g/mol. The summed E-state index contributed by atoms with van der Waals surface area (Å²) >= 11 is 0. The number of rotatable bonds is 5. The van der Waals surface area contributed by atoms with E-state index in [-0.39, 0.29) is 5.69 Å². The summed E-state index contributed by atoms with van der Waals surface area (Å²) in [5.74, 6) is -2.82. The van der Waals surface area contributed by atoms with Gasteiger partial charge in [-0.25, -0.2) is 8.78 Å². The molecule has 0 atom stereocenters. The molecule has 0 radical (unpaired) electrons. The van der Waals surface area contributed by atoms with Crippen LogP contribution in [0.1, 0.15) is 25.7 Å². The molecule has 2 N–H and O–H groups in total. The Labute approximate surface area is 156 Å².